The van der Waals surface area contributed by atoms with Crippen LogP contribution in [0.3, 0.4) is 0 Å². The van der Waals surface area contributed by atoms with Crippen molar-refractivity contribution in [2.24, 2.45) is 5.92 Å². The lowest BCUT2D eigenvalue weighted by Gasteiger charge is -2.07. The molecular weight excluding hydrogens is 194 g/mol. The average Bonchev–Trinajstić information content (AvgIpc) is 2.63. The smallest absolute Gasteiger partial charge is 0.0591 e. The standard InChI is InChI=1S/C11H19NOS/c1-10(2)8-13-5-4-12-7-11-3-6-14-9-11/h3,6,9-10,12H,4-5,7-8H2,1-2H3. The van der Waals surface area contributed by atoms with Gasteiger partial charge in [-0.15, -0.1) is 0 Å². The SMILES string of the molecule is CC(C)COCCNCc1ccsc1. The van der Waals surface area contributed by atoms with E-state index in [-0.39, 0.29) is 0 Å². The Bertz CT molecular complexity index is 221. The third-order valence-electron chi connectivity index (χ3n) is 1.78. The van der Waals surface area contributed by atoms with E-state index in [0.29, 0.717) is 5.92 Å². The molecule has 2 nitrogen and oxygen atoms in total. The summed E-state index contributed by atoms with van der Waals surface area (Å²) in [5, 5.41) is 7.62. The van der Waals surface area contributed by atoms with Gasteiger partial charge in [0.1, 0.15) is 0 Å². The van der Waals surface area contributed by atoms with Gasteiger partial charge in [-0.25, -0.2) is 0 Å². The van der Waals surface area contributed by atoms with Gasteiger partial charge in [0.25, 0.3) is 0 Å². The lowest BCUT2D eigenvalue weighted by atomic mass is 10.2. The molecule has 0 aliphatic rings. The van der Waals surface area contributed by atoms with Crippen LogP contribution in [0.15, 0.2) is 16.8 Å². The Labute approximate surface area is 90.3 Å². The van der Waals surface area contributed by atoms with E-state index in [1.54, 1.807) is 11.3 Å². The van der Waals surface area contributed by atoms with Gasteiger partial charge >= 0.3 is 0 Å². The van der Waals surface area contributed by atoms with Crippen LogP contribution in [0.4, 0.5) is 0 Å². The minimum atomic E-state index is 0.631. The van der Waals surface area contributed by atoms with E-state index in [0.717, 1.165) is 26.3 Å². The molecule has 14 heavy (non-hydrogen) atoms. The molecule has 0 atom stereocenters. The maximum atomic E-state index is 5.45. The van der Waals surface area contributed by atoms with Crippen LogP contribution in [0.1, 0.15) is 19.4 Å². The number of rotatable bonds is 7. The first-order chi connectivity index (χ1) is 6.79. The maximum Gasteiger partial charge on any atom is 0.0591 e. The molecule has 0 aromatic carbocycles. The van der Waals surface area contributed by atoms with Gasteiger partial charge in [0.15, 0.2) is 0 Å². The predicted octanol–water partition coefficient (Wildman–Crippen LogP) is 2.51. The molecule has 1 heterocycles. The van der Waals surface area contributed by atoms with Crippen LogP contribution in [0, 0.1) is 5.92 Å². The van der Waals surface area contributed by atoms with Crippen molar-refractivity contribution < 1.29 is 4.74 Å². The van der Waals surface area contributed by atoms with Crippen LogP contribution in [-0.2, 0) is 11.3 Å². The van der Waals surface area contributed by atoms with Gasteiger partial charge in [0.2, 0.25) is 0 Å². The van der Waals surface area contributed by atoms with Crippen LogP contribution < -0.4 is 5.32 Å². The molecule has 0 fully saturated rings. The third kappa shape index (κ3) is 5.37. The zero-order valence-corrected chi connectivity index (χ0v) is 9.77. The van der Waals surface area contributed by atoms with Gasteiger partial charge in [-0.3, -0.25) is 0 Å². The van der Waals surface area contributed by atoms with Crippen molar-refractivity contribution in [3.63, 3.8) is 0 Å². The van der Waals surface area contributed by atoms with Gasteiger partial charge in [-0.05, 0) is 28.3 Å². The molecule has 0 amide bonds. The lowest BCUT2D eigenvalue weighted by Crippen LogP contribution is -2.19. The molecule has 1 rings (SSSR count). The largest absolute Gasteiger partial charge is 0.380 e. The highest BCUT2D eigenvalue weighted by atomic mass is 32.1. The maximum absolute atomic E-state index is 5.45. The van der Waals surface area contributed by atoms with Crippen molar-refractivity contribution in [3.05, 3.63) is 22.4 Å². The Balaban J connectivity index is 1.90. The molecule has 1 aromatic rings. The van der Waals surface area contributed by atoms with Gasteiger partial charge in [-0.2, -0.15) is 11.3 Å². The van der Waals surface area contributed by atoms with Crippen molar-refractivity contribution in [2.45, 2.75) is 20.4 Å². The van der Waals surface area contributed by atoms with Crippen molar-refractivity contribution in [1.29, 1.82) is 0 Å². The fourth-order valence-electron chi connectivity index (χ4n) is 1.09. The third-order valence-corrected chi connectivity index (χ3v) is 2.52. The first-order valence-corrected chi connectivity index (χ1v) is 6.03. The van der Waals surface area contributed by atoms with Crippen LogP contribution in [0.2, 0.25) is 0 Å². The van der Waals surface area contributed by atoms with Gasteiger partial charge in [-0.1, -0.05) is 13.8 Å². The minimum Gasteiger partial charge on any atom is -0.380 e. The summed E-state index contributed by atoms with van der Waals surface area (Å²) < 4.78 is 5.45. The summed E-state index contributed by atoms with van der Waals surface area (Å²) in [5.41, 5.74) is 1.36. The first-order valence-electron chi connectivity index (χ1n) is 5.08. The summed E-state index contributed by atoms with van der Waals surface area (Å²) in [7, 11) is 0. The quantitative estimate of drug-likeness (QED) is 0.703. The summed E-state index contributed by atoms with van der Waals surface area (Å²) in [6.45, 7) is 7.89. The van der Waals surface area contributed by atoms with Crippen molar-refractivity contribution in [2.75, 3.05) is 19.8 Å². The lowest BCUT2D eigenvalue weighted by molar-refractivity contribution is 0.111. The van der Waals surface area contributed by atoms with Gasteiger partial charge < -0.3 is 10.1 Å². The zero-order valence-electron chi connectivity index (χ0n) is 8.95. The predicted molar refractivity (Wildman–Crippen MR) is 61.7 cm³/mol. The van der Waals surface area contributed by atoms with E-state index in [9.17, 15) is 0 Å². The van der Waals surface area contributed by atoms with E-state index in [2.05, 4.69) is 36.0 Å². The number of nitrogens with one attached hydrogen (secondary N) is 1. The Morgan fingerprint density at radius 2 is 2.36 bits per heavy atom. The fraction of sp³-hybridized carbons (Fsp3) is 0.636. The molecule has 0 unspecified atom stereocenters. The molecule has 0 saturated carbocycles. The summed E-state index contributed by atoms with van der Waals surface area (Å²) in [6.07, 6.45) is 0. The number of hydrogen-bond acceptors (Lipinski definition) is 3. The van der Waals surface area contributed by atoms with Crippen molar-refractivity contribution in [3.8, 4) is 0 Å². The molecule has 80 valence electrons. The van der Waals surface area contributed by atoms with E-state index in [4.69, 9.17) is 4.74 Å². The number of hydrogen-bond donors (Lipinski definition) is 1. The monoisotopic (exact) mass is 213 g/mol. The molecule has 1 N–H and O–H groups in total. The van der Waals surface area contributed by atoms with Crippen LogP contribution in [0.5, 0.6) is 0 Å². The highest BCUT2D eigenvalue weighted by molar-refractivity contribution is 7.07. The molecule has 0 spiro atoms. The average molecular weight is 213 g/mol. The summed E-state index contributed by atoms with van der Waals surface area (Å²) in [5.74, 6) is 0.631. The van der Waals surface area contributed by atoms with E-state index < -0.39 is 0 Å². The molecular formula is C11H19NOS. The molecule has 0 radical (unpaired) electrons. The fourth-order valence-corrected chi connectivity index (χ4v) is 1.76. The minimum absolute atomic E-state index is 0.631. The van der Waals surface area contributed by atoms with Gasteiger partial charge in [0.05, 0.1) is 6.61 Å². The molecule has 0 aliphatic carbocycles. The molecule has 3 heteroatoms. The summed E-state index contributed by atoms with van der Waals surface area (Å²) >= 11 is 1.74. The van der Waals surface area contributed by atoms with Gasteiger partial charge in [0, 0.05) is 19.7 Å². The first kappa shape index (κ1) is 11.7. The Morgan fingerprint density at radius 3 is 3.00 bits per heavy atom. The second-order valence-corrected chi connectivity index (χ2v) is 4.56. The Hall–Kier alpha value is -0.380. The second-order valence-electron chi connectivity index (χ2n) is 3.78. The number of thiophene rings is 1. The summed E-state index contributed by atoms with van der Waals surface area (Å²) in [6, 6.07) is 2.15. The highest BCUT2D eigenvalue weighted by Crippen LogP contribution is 2.04. The normalized spacial score (nSPS) is 11.1. The van der Waals surface area contributed by atoms with Crippen LogP contribution in [-0.4, -0.2) is 19.8 Å². The van der Waals surface area contributed by atoms with Crippen LogP contribution in [0.25, 0.3) is 0 Å². The van der Waals surface area contributed by atoms with Crippen molar-refractivity contribution in [1.82, 2.24) is 5.32 Å². The zero-order chi connectivity index (χ0) is 10.2. The Morgan fingerprint density at radius 1 is 1.50 bits per heavy atom. The highest BCUT2D eigenvalue weighted by Gasteiger charge is 1.94. The molecule has 0 bridgehead atoms. The van der Waals surface area contributed by atoms with E-state index >= 15 is 0 Å². The molecule has 1 aromatic heterocycles. The second kappa shape index (κ2) is 6.98. The molecule has 0 aliphatic heterocycles. The van der Waals surface area contributed by atoms with E-state index in [1.807, 2.05) is 0 Å². The molecule has 0 saturated heterocycles. The summed E-state index contributed by atoms with van der Waals surface area (Å²) in [4.78, 5) is 0. The topological polar surface area (TPSA) is 21.3 Å². The van der Waals surface area contributed by atoms with Crippen molar-refractivity contribution >= 4 is 11.3 Å². The Kier molecular flexibility index (Phi) is 5.83. The number of ether oxygens (including phenoxy) is 1. The van der Waals surface area contributed by atoms with Crippen LogP contribution >= 0.6 is 11.3 Å². The van der Waals surface area contributed by atoms with E-state index in [1.165, 1.54) is 5.56 Å².